The van der Waals surface area contributed by atoms with Gasteiger partial charge in [-0.2, -0.15) is 13.8 Å². The molecule has 1 aromatic carbocycles. The fourth-order valence-electron chi connectivity index (χ4n) is 1.96. The van der Waals surface area contributed by atoms with Crippen LogP contribution in [0.3, 0.4) is 0 Å². The number of hydrogen-bond acceptors (Lipinski definition) is 5. The number of aryl methyl sites for hydroxylation is 1. The molecule has 10 heteroatoms. The molecule has 2 N–H and O–H groups in total. The van der Waals surface area contributed by atoms with Crippen LogP contribution in [-0.4, -0.2) is 29.3 Å². The number of guanidine groups is 1. The van der Waals surface area contributed by atoms with Gasteiger partial charge in [0.2, 0.25) is 5.89 Å². The Morgan fingerprint density at radius 1 is 1.40 bits per heavy atom. The number of nitrogens with one attached hydrogen (secondary N) is 2. The molecule has 1 heterocycles. The van der Waals surface area contributed by atoms with Crippen molar-refractivity contribution >= 4 is 17.6 Å². The molecular formula is C15H18ClF2N5O2. The van der Waals surface area contributed by atoms with Crippen LogP contribution < -0.4 is 15.4 Å². The van der Waals surface area contributed by atoms with Crippen molar-refractivity contribution < 1.29 is 18.0 Å². The van der Waals surface area contributed by atoms with E-state index in [9.17, 15) is 8.78 Å². The second-order valence-electron chi connectivity index (χ2n) is 4.91. The van der Waals surface area contributed by atoms with E-state index >= 15 is 0 Å². The number of benzene rings is 1. The molecule has 25 heavy (non-hydrogen) atoms. The van der Waals surface area contributed by atoms with Crippen molar-refractivity contribution in [3.05, 3.63) is 40.5 Å². The molecule has 1 aromatic heterocycles. The average molecular weight is 374 g/mol. The predicted molar refractivity (Wildman–Crippen MR) is 88.8 cm³/mol. The molecule has 0 unspecified atom stereocenters. The molecule has 136 valence electrons. The van der Waals surface area contributed by atoms with Gasteiger partial charge in [-0.15, -0.1) is 0 Å². The van der Waals surface area contributed by atoms with E-state index in [2.05, 4.69) is 30.5 Å². The minimum absolute atomic E-state index is 0.0338. The first-order chi connectivity index (χ1) is 12.0. The van der Waals surface area contributed by atoms with Crippen molar-refractivity contribution in [1.82, 2.24) is 20.8 Å². The minimum atomic E-state index is -2.92. The van der Waals surface area contributed by atoms with Gasteiger partial charge in [-0.3, -0.25) is 0 Å². The molecule has 0 bridgehead atoms. The van der Waals surface area contributed by atoms with Crippen molar-refractivity contribution in [3.8, 4) is 5.75 Å². The first-order valence-electron chi connectivity index (χ1n) is 7.52. The van der Waals surface area contributed by atoms with Crippen molar-refractivity contribution in [1.29, 1.82) is 0 Å². The molecule has 0 aliphatic carbocycles. The van der Waals surface area contributed by atoms with Crippen LogP contribution in [0.5, 0.6) is 5.75 Å². The molecule has 0 saturated heterocycles. The lowest BCUT2D eigenvalue weighted by Gasteiger charge is -2.12. The Bertz CT molecular complexity index is 724. The van der Waals surface area contributed by atoms with Crippen LogP contribution in [0.1, 0.15) is 24.2 Å². The number of rotatable bonds is 7. The Balaban J connectivity index is 2.08. The van der Waals surface area contributed by atoms with Gasteiger partial charge in [-0.1, -0.05) is 16.8 Å². The van der Waals surface area contributed by atoms with Crippen molar-refractivity contribution in [2.24, 2.45) is 4.99 Å². The minimum Gasteiger partial charge on any atom is -0.434 e. The lowest BCUT2D eigenvalue weighted by atomic mass is 10.2. The van der Waals surface area contributed by atoms with Crippen LogP contribution in [0.2, 0.25) is 5.02 Å². The second kappa shape index (κ2) is 9.16. The molecule has 0 fully saturated rings. The van der Waals surface area contributed by atoms with E-state index in [0.29, 0.717) is 34.8 Å². The summed E-state index contributed by atoms with van der Waals surface area (Å²) in [7, 11) is 0. The summed E-state index contributed by atoms with van der Waals surface area (Å²) in [6, 6.07) is 4.41. The van der Waals surface area contributed by atoms with Gasteiger partial charge in [0, 0.05) is 17.1 Å². The maximum absolute atomic E-state index is 12.5. The topological polar surface area (TPSA) is 84.6 Å². The highest BCUT2D eigenvalue weighted by Gasteiger charge is 2.11. The Hall–Kier alpha value is -2.42. The van der Waals surface area contributed by atoms with Crippen LogP contribution in [0.4, 0.5) is 8.78 Å². The summed E-state index contributed by atoms with van der Waals surface area (Å²) < 4.78 is 34.5. The van der Waals surface area contributed by atoms with Gasteiger partial charge in [-0.05, 0) is 32.0 Å². The molecule has 2 aromatic rings. The smallest absolute Gasteiger partial charge is 0.387 e. The molecular weight excluding hydrogens is 356 g/mol. The molecule has 7 nitrogen and oxygen atoms in total. The van der Waals surface area contributed by atoms with E-state index in [1.165, 1.54) is 18.2 Å². The second-order valence-corrected chi connectivity index (χ2v) is 5.35. The molecule has 0 radical (unpaired) electrons. The zero-order chi connectivity index (χ0) is 18.2. The van der Waals surface area contributed by atoms with Gasteiger partial charge in [0.25, 0.3) is 0 Å². The first-order valence-corrected chi connectivity index (χ1v) is 7.90. The van der Waals surface area contributed by atoms with Gasteiger partial charge < -0.3 is 19.9 Å². The standard InChI is InChI=1S/C15H18ClF2N5O2/c1-3-19-15(21-8-13-22-9(2)23-25-13)20-7-10-6-11(16)4-5-12(10)24-14(17)18/h4-6,14H,3,7-8H2,1-2H3,(H2,19,20,21). The molecule has 0 saturated carbocycles. The van der Waals surface area contributed by atoms with Gasteiger partial charge in [0.05, 0.1) is 13.1 Å². The predicted octanol–water partition coefficient (Wildman–Crippen LogP) is 2.89. The van der Waals surface area contributed by atoms with E-state index in [-0.39, 0.29) is 18.8 Å². The lowest BCUT2D eigenvalue weighted by molar-refractivity contribution is -0.0504. The summed E-state index contributed by atoms with van der Waals surface area (Å²) in [5, 5.41) is 10.2. The maximum atomic E-state index is 12.5. The Morgan fingerprint density at radius 3 is 2.84 bits per heavy atom. The van der Waals surface area contributed by atoms with E-state index in [0.717, 1.165) is 0 Å². The summed E-state index contributed by atoms with van der Waals surface area (Å²) in [5.74, 6) is 1.44. The van der Waals surface area contributed by atoms with Crippen LogP contribution in [0, 0.1) is 6.92 Å². The third-order valence-corrected chi connectivity index (χ3v) is 3.20. The SMILES string of the molecule is CCNC(=NCc1cc(Cl)ccc1OC(F)F)NCc1nc(C)no1. The molecule has 0 aliphatic rings. The average Bonchev–Trinajstić information content (AvgIpc) is 2.97. The van der Waals surface area contributed by atoms with Gasteiger partial charge in [0.15, 0.2) is 11.8 Å². The van der Waals surface area contributed by atoms with Gasteiger partial charge >= 0.3 is 6.61 Å². The van der Waals surface area contributed by atoms with Crippen LogP contribution in [0.25, 0.3) is 0 Å². The summed E-state index contributed by atoms with van der Waals surface area (Å²) in [5.41, 5.74) is 0.443. The summed E-state index contributed by atoms with van der Waals surface area (Å²) >= 11 is 5.92. The highest BCUT2D eigenvalue weighted by Crippen LogP contribution is 2.25. The largest absolute Gasteiger partial charge is 0.434 e. The van der Waals surface area contributed by atoms with E-state index < -0.39 is 6.61 Å². The quantitative estimate of drug-likeness (QED) is 0.573. The van der Waals surface area contributed by atoms with E-state index in [1.54, 1.807) is 6.92 Å². The maximum Gasteiger partial charge on any atom is 0.387 e. The van der Waals surface area contributed by atoms with Crippen molar-refractivity contribution in [2.75, 3.05) is 6.54 Å². The third-order valence-electron chi connectivity index (χ3n) is 2.97. The third kappa shape index (κ3) is 6.18. The lowest BCUT2D eigenvalue weighted by Crippen LogP contribution is -2.36. The van der Waals surface area contributed by atoms with E-state index in [4.69, 9.17) is 16.1 Å². The number of hydrogen-bond donors (Lipinski definition) is 2. The normalized spacial score (nSPS) is 11.7. The fraction of sp³-hybridized carbons (Fsp3) is 0.400. The monoisotopic (exact) mass is 373 g/mol. The molecule has 2 rings (SSSR count). The first kappa shape index (κ1) is 18.9. The molecule has 0 amide bonds. The van der Waals surface area contributed by atoms with Gasteiger partial charge in [0.1, 0.15) is 5.75 Å². The fourth-order valence-corrected chi connectivity index (χ4v) is 2.15. The summed E-state index contributed by atoms with van der Waals surface area (Å²) in [6.45, 7) is 1.69. The number of ether oxygens (including phenoxy) is 1. The number of alkyl halides is 2. The number of aliphatic imine (C=N–C) groups is 1. The van der Waals surface area contributed by atoms with Crippen LogP contribution in [0.15, 0.2) is 27.7 Å². The number of nitrogens with zero attached hydrogens (tertiary/aromatic N) is 3. The molecule has 0 spiro atoms. The number of halogens is 3. The summed E-state index contributed by atoms with van der Waals surface area (Å²) in [6.07, 6.45) is 0. The van der Waals surface area contributed by atoms with Crippen LogP contribution in [-0.2, 0) is 13.1 Å². The van der Waals surface area contributed by atoms with Crippen molar-refractivity contribution in [2.45, 2.75) is 33.5 Å². The van der Waals surface area contributed by atoms with E-state index in [1.807, 2.05) is 6.92 Å². The van der Waals surface area contributed by atoms with Gasteiger partial charge in [-0.25, -0.2) is 4.99 Å². The van der Waals surface area contributed by atoms with Crippen molar-refractivity contribution in [3.63, 3.8) is 0 Å². The Labute approximate surface area is 148 Å². The zero-order valence-corrected chi connectivity index (χ0v) is 14.5. The number of aromatic nitrogens is 2. The Morgan fingerprint density at radius 2 is 2.20 bits per heavy atom. The summed E-state index contributed by atoms with van der Waals surface area (Å²) in [4.78, 5) is 8.41. The van der Waals surface area contributed by atoms with Crippen LogP contribution >= 0.6 is 11.6 Å². The highest BCUT2D eigenvalue weighted by atomic mass is 35.5. The molecule has 0 atom stereocenters. The highest BCUT2D eigenvalue weighted by molar-refractivity contribution is 6.30. The zero-order valence-electron chi connectivity index (χ0n) is 13.7. The molecule has 0 aliphatic heterocycles. The Kier molecular flexibility index (Phi) is 6.93.